The summed E-state index contributed by atoms with van der Waals surface area (Å²) in [6.45, 7) is 0. The van der Waals surface area contributed by atoms with Gasteiger partial charge in [-0.1, -0.05) is 23.7 Å². The number of halogens is 4. The second-order valence-corrected chi connectivity index (χ2v) is 3.49. The minimum atomic E-state index is -4.70. The van der Waals surface area contributed by atoms with Crippen LogP contribution in [0, 0.1) is 0 Å². The van der Waals surface area contributed by atoms with E-state index in [-0.39, 0.29) is 10.6 Å². The highest BCUT2D eigenvalue weighted by atomic mass is 35.5. The molecule has 1 atom stereocenters. The van der Waals surface area contributed by atoms with Crippen LogP contribution in [0.15, 0.2) is 24.3 Å². The molecule has 0 N–H and O–H groups in total. The van der Waals surface area contributed by atoms with Crippen molar-refractivity contribution in [2.45, 2.75) is 12.1 Å². The zero-order chi connectivity index (χ0) is 12.3. The SMILES string of the molecule is COC(=O)C(c1cccc(Cl)c1)C(F)(F)F. The molecule has 0 saturated carbocycles. The zero-order valence-electron chi connectivity index (χ0n) is 8.22. The van der Waals surface area contributed by atoms with E-state index < -0.39 is 18.1 Å². The monoisotopic (exact) mass is 252 g/mol. The van der Waals surface area contributed by atoms with Gasteiger partial charge in [-0.05, 0) is 17.7 Å². The van der Waals surface area contributed by atoms with Crippen LogP contribution in [0.25, 0.3) is 0 Å². The molecule has 0 amide bonds. The molecule has 0 bridgehead atoms. The molecule has 0 radical (unpaired) electrons. The maximum atomic E-state index is 12.6. The van der Waals surface area contributed by atoms with Crippen molar-refractivity contribution in [3.63, 3.8) is 0 Å². The van der Waals surface area contributed by atoms with E-state index in [9.17, 15) is 18.0 Å². The fraction of sp³-hybridized carbons (Fsp3) is 0.300. The fourth-order valence-corrected chi connectivity index (χ4v) is 1.46. The molecule has 0 saturated heterocycles. The molecule has 0 heterocycles. The molecule has 88 valence electrons. The Morgan fingerprint density at radius 1 is 1.44 bits per heavy atom. The van der Waals surface area contributed by atoms with Crippen LogP contribution in [-0.4, -0.2) is 19.3 Å². The highest BCUT2D eigenvalue weighted by molar-refractivity contribution is 6.30. The summed E-state index contributed by atoms with van der Waals surface area (Å²) in [5.74, 6) is -3.65. The maximum absolute atomic E-state index is 12.6. The molecule has 1 rings (SSSR count). The average molecular weight is 253 g/mol. The third-order valence-electron chi connectivity index (χ3n) is 1.95. The lowest BCUT2D eigenvalue weighted by atomic mass is 9.99. The van der Waals surface area contributed by atoms with Gasteiger partial charge in [-0.15, -0.1) is 0 Å². The number of hydrogen-bond donors (Lipinski definition) is 0. The van der Waals surface area contributed by atoms with Gasteiger partial charge in [0.25, 0.3) is 0 Å². The Hall–Kier alpha value is -1.23. The van der Waals surface area contributed by atoms with Crippen molar-refractivity contribution in [1.82, 2.24) is 0 Å². The Kier molecular flexibility index (Phi) is 3.80. The smallest absolute Gasteiger partial charge is 0.406 e. The van der Waals surface area contributed by atoms with Gasteiger partial charge < -0.3 is 4.74 Å². The lowest BCUT2D eigenvalue weighted by Crippen LogP contribution is -2.29. The first-order valence-electron chi connectivity index (χ1n) is 4.26. The van der Waals surface area contributed by atoms with Crippen LogP contribution in [0.1, 0.15) is 11.5 Å². The summed E-state index contributed by atoms with van der Waals surface area (Å²) in [7, 11) is 0.908. The van der Waals surface area contributed by atoms with Gasteiger partial charge >= 0.3 is 12.1 Å². The normalized spacial score (nSPS) is 13.3. The minimum absolute atomic E-state index is 0.135. The average Bonchev–Trinajstić information content (AvgIpc) is 2.15. The quantitative estimate of drug-likeness (QED) is 0.756. The van der Waals surface area contributed by atoms with Gasteiger partial charge in [0.05, 0.1) is 7.11 Å². The summed E-state index contributed by atoms with van der Waals surface area (Å²) in [6, 6.07) is 5.05. The molecule has 1 unspecified atom stereocenters. The van der Waals surface area contributed by atoms with Crippen LogP contribution in [0.3, 0.4) is 0 Å². The van der Waals surface area contributed by atoms with Crippen molar-refractivity contribution in [3.05, 3.63) is 34.9 Å². The molecular weight excluding hydrogens is 245 g/mol. The number of benzene rings is 1. The molecule has 16 heavy (non-hydrogen) atoms. The molecule has 0 spiro atoms. The van der Waals surface area contributed by atoms with Gasteiger partial charge in [-0.2, -0.15) is 13.2 Å². The molecule has 6 heteroatoms. The Balaban J connectivity index is 3.17. The first-order chi connectivity index (χ1) is 7.36. The van der Waals surface area contributed by atoms with Gasteiger partial charge in [-0.3, -0.25) is 4.79 Å². The summed E-state index contributed by atoms with van der Waals surface area (Å²) >= 11 is 5.57. The second kappa shape index (κ2) is 4.74. The number of carbonyl (C=O) groups excluding carboxylic acids is 1. The fourth-order valence-electron chi connectivity index (χ4n) is 1.26. The maximum Gasteiger partial charge on any atom is 0.406 e. The molecule has 0 aliphatic heterocycles. The molecule has 0 aliphatic carbocycles. The predicted octanol–water partition coefficient (Wildman–Crippen LogP) is 3.16. The number of alkyl halides is 3. The predicted molar refractivity (Wildman–Crippen MR) is 52.3 cm³/mol. The van der Waals surface area contributed by atoms with E-state index in [0.29, 0.717) is 0 Å². The van der Waals surface area contributed by atoms with E-state index in [1.165, 1.54) is 18.2 Å². The Morgan fingerprint density at radius 3 is 2.50 bits per heavy atom. The minimum Gasteiger partial charge on any atom is -0.468 e. The number of ether oxygens (including phenoxy) is 1. The van der Waals surface area contributed by atoms with Crippen LogP contribution in [0.2, 0.25) is 5.02 Å². The van der Waals surface area contributed by atoms with Gasteiger partial charge in [-0.25, -0.2) is 0 Å². The van der Waals surface area contributed by atoms with E-state index in [4.69, 9.17) is 11.6 Å². The third kappa shape index (κ3) is 2.88. The van der Waals surface area contributed by atoms with Crippen molar-refractivity contribution < 1.29 is 22.7 Å². The lowest BCUT2D eigenvalue weighted by molar-refractivity contribution is -0.179. The van der Waals surface area contributed by atoms with Crippen molar-refractivity contribution in [2.24, 2.45) is 0 Å². The number of carbonyl (C=O) groups is 1. The largest absolute Gasteiger partial charge is 0.468 e. The van der Waals surface area contributed by atoms with Crippen LogP contribution >= 0.6 is 11.6 Å². The van der Waals surface area contributed by atoms with Crippen LogP contribution < -0.4 is 0 Å². The molecule has 0 aliphatic rings. The standard InChI is InChI=1S/C10H8ClF3O2/c1-16-9(15)8(10(12,13)14)6-3-2-4-7(11)5-6/h2-5,8H,1H3. The van der Waals surface area contributed by atoms with E-state index in [1.54, 1.807) is 0 Å². The second-order valence-electron chi connectivity index (χ2n) is 3.05. The molecular formula is C10H8ClF3O2. The van der Waals surface area contributed by atoms with E-state index in [0.717, 1.165) is 13.2 Å². The van der Waals surface area contributed by atoms with E-state index >= 15 is 0 Å². The molecule has 0 aromatic heterocycles. The Bertz CT molecular complexity index is 390. The molecule has 1 aromatic rings. The lowest BCUT2D eigenvalue weighted by Gasteiger charge is -2.18. The summed E-state index contributed by atoms with van der Waals surface area (Å²) in [5, 5.41) is 0.135. The first-order valence-corrected chi connectivity index (χ1v) is 4.64. The summed E-state index contributed by atoms with van der Waals surface area (Å²) < 4.78 is 42.0. The highest BCUT2D eigenvalue weighted by Crippen LogP contribution is 2.36. The van der Waals surface area contributed by atoms with Crippen LogP contribution in [0.5, 0.6) is 0 Å². The van der Waals surface area contributed by atoms with Crippen molar-refractivity contribution >= 4 is 17.6 Å². The first kappa shape index (κ1) is 12.8. The Morgan fingerprint density at radius 2 is 2.06 bits per heavy atom. The molecule has 1 aromatic carbocycles. The van der Waals surface area contributed by atoms with E-state index in [2.05, 4.69) is 4.74 Å². The van der Waals surface area contributed by atoms with E-state index in [1.807, 2.05) is 0 Å². The third-order valence-corrected chi connectivity index (χ3v) is 2.18. The van der Waals surface area contributed by atoms with Crippen molar-refractivity contribution in [3.8, 4) is 0 Å². The molecule has 2 nitrogen and oxygen atoms in total. The number of hydrogen-bond acceptors (Lipinski definition) is 2. The van der Waals surface area contributed by atoms with Gasteiger partial charge in [0.15, 0.2) is 5.92 Å². The number of methoxy groups -OCH3 is 1. The summed E-state index contributed by atoms with van der Waals surface area (Å²) in [4.78, 5) is 11.1. The highest BCUT2D eigenvalue weighted by Gasteiger charge is 2.46. The van der Waals surface area contributed by atoms with Gasteiger partial charge in [0, 0.05) is 5.02 Å². The van der Waals surface area contributed by atoms with Crippen LogP contribution in [-0.2, 0) is 9.53 Å². The van der Waals surface area contributed by atoms with Gasteiger partial charge in [0.1, 0.15) is 0 Å². The number of rotatable bonds is 2. The molecule has 0 fully saturated rings. The summed E-state index contributed by atoms with van der Waals surface area (Å²) in [6.07, 6.45) is -4.70. The number of esters is 1. The van der Waals surface area contributed by atoms with Crippen molar-refractivity contribution in [1.29, 1.82) is 0 Å². The summed E-state index contributed by atoms with van der Waals surface area (Å²) in [5.41, 5.74) is -0.230. The zero-order valence-corrected chi connectivity index (χ0v) is 8.97. The van der Waals surface area contributed by atoms with Crippen molar-refractivity contribution in [2.75, 3.05) is 7.11 Å². The topological polar surface area (TPSA) is 26.3 Å². The van der Waals surface area contributed by atoms with Gasteiger partial charge in [0.2, 0.25) is 0 Å². The Labute approximate surface area is 95.0 Å². The van der Waals surface area contributed by atoms with Crippen LogP contribution in [0.4, 0.5) is 13.2 Å².